The fraction of sp³-hybridized carbons (Fsp3) is 0.583. The van der Waals surface area contributed by atoms with Crippen LogP contribution in [0.1, 0.15) is 29.6 Å². The van der Waals surface area contributed by atoms with E-state index < -0.39 is 0 Å². The molecule has 1 aliphatic carbocycles. The Morgan fingerprint density at radius 2 is 2.17 bits per heavy atom. The van der Waals surface area contributed by atoms with Crippen LogP contribution in [0.2, 0.25) is 0 Å². The molecule has 1 aliphatic heterocycles. The molecule has 1 aromatic rings. The van der Waals surface area contributed by atoms with Crippen molar-refractivity contribution in [2.75, 3.05) is 6.61 Å². The van der Waals surface area contributed by atoms with Gasteiger partial charge in [0.2, 0.25) is 0 Å². The average molecular weight is 395 g/mol. The monoisotopic (exact) mass is 393 g/mol. The summed E-state index contributed by atoms with van der Waals surface area (Å²) in [5, 5.41) is 3.11. The third-order valence-electron chi connectivity index (χ3n) is 3.44. The van der Waals surface area contributed by atoms with Crippen LogP contribution in [0.4, 0.5) is 0 Å². The number of nitrogens with one attached hydrogen (secondary N) is 1. The quantitative estimate of drug-likeness (QED) is 0.850. The predicted octanol–water partition coefficient (Wildman–Crippen LogP) is 3.57. The van der Waals surface area contributed by atoms with Crippen LogP contribution in [0, 0.1) is 5.92 Å². The number of thiophene rings is 1. The number of amides is 1. The van der Waals surface area contributed by atoms with E-state index in [1.807, 2.05) is 6.07 Å². The molecule has 2 unspecified atom stereocenters. The summed E-state index contributed by atoms with van der Waals surface area (Å²) in [6.45, 7) is 0.764. The summed E-state index contributed by atoms with van der Waals surface area (Å²) in [6.07, 6.45) is 3.64. The molecule has 1 saturated carbocycles. The molecule has 2 aliphatic rings. The molecule has 2 atom stereocenters. The van der Waals surface area contributed by atoms with Crippen LogP contribution in [-0.2, 0) is 4.74 Å². The van der Waals surface area contributed by atoms with Gasteiger partial charge in [-0.05, 0) is 63.1 Å². The first-order valence-corrected chi connectivity index (χ1v) is 8.42. The standard InChI is InChI=1S/C12H13Br2NO2S/c13-9-5-7(11(14)18-9)12(16)15-8-3-4-17-10(8)6-1-2-6/h5-6,8,10H,1-4H2,(H,15,16). The molecular formula is C12H13Br2NO2S. The molecule has 1 amide bonds. The zero-order chi connectivity index (χ0) is 12.7. The molecule has 98 valence electrons. The van der Waals surface area contributed by atoms with E-state index in [1.165, 1.54) is 24.2 Å². The lowest BCUT2D eigenvalue weighted by atomic mass is 10.1. The molecule has 0 spiro atoms. The molecule has 3 rings (SSSR count). The highest BCUT2D eigenvalue weighted by molar-refractivity contribution is 9.12. The van der Waals surface area contributed by atoms with Gasteiger partial charge in [-0.25, -0.2) is 0 Å². The highest BCUT2D eigenvalue weighted by Crippen LogP contribution is 2.39. The van der Waals surface area contributed by atoms with Crippen LogP contribution in [0.5, 0.6) is 0 Å². The fourth-order valence-corrected chi connectivity index (χ4v) is 5.19. The zero-order valence-electron chi connectivity index (χ0n) is 9.62. The SMILES string of the molecule is O=C(NC1CCOC1C1CC1)c1cc(Br)sc1Br. The first-order chi connectivity index (χ1) is 8.65. The maximum absolute atomic E-state index is 12.2. The van der Waals surface area contributed by atoms with E-state index in [0.717, 1.165) is 20.6 Å². The van der Waals surface area contributed by atoms with Crippen LogP contribution in [0.25, 0.3) is 0 Å². The molecule has 0 aromatic carbocycles. The molecule has 6 heteroatoms. The van der Waals surface area contributed by atoms with Crippen molar-refractivity contribution in [1.29, 1.82) is 0 Å². The first kappa shape index (κ1) is 13.1. The van der Waals surface area contributed by atoms with Gasteiger partial charge in [0.1, 0.15) is 0 Å². The highest BCUT2D eigenvalue weighted by Gasteiger charge is 2.41. The Morgan fingerprint density at radius 1 is 1.39 bits per heavy atom. The lowest BCUT2D eigenvalue weighted by Crippen LogP contribution is -2.41. The van der Waals surface area contributed by atoms with Crippen molar-refractivity contribution < 1.29 is 9.53 Å². The molecular weight excluding hydrogens is 382 g/mol. The van der Waals surface area contributed by atoms with Gasteiger partial charge in [-0.1, -0.05) is 0 Å². The number of ether oxygens (including phenoxy) is 1. The van der Waals surface area contributed by atoms with Gasteiger partial charge in [0, 0.05) is 6.61 Å². The Kier molecular flexibility index (Phi) is 3.80. The summed E-state index contributed by atoms with van der Waals surface area (Å²) in [4.78, 5) is 12.2. The third kappa shape index (κ3) is 2.66. The molecule has 3 nitrogen and oxygen atoms in total. The molecule has 1 aromatic heterocycles. The Hall–Kier alpha value is 0.0900. The van der Waals surface area contributed by atoms with Gasteiger partial charge in [-0.3, -0.25) is 4.79 Å². The first-order valence-electron chi connectivity index (χ1n) is 6.02. The Balaban J connectivity index is 1.68. The van der Waals surface area contributed by atoms with E-state index in [0.29, 0.717) is 11.5 Å². The fourth-order valence-electron chi connectivity index (χ4n) is 2.40. The maximum atomic E-state index is 12.2. The van der Waals surface area contributed by atoms with Crippen molar-refractivity contribution in [1.82, 2.24) is 5.32 Å². The number of rotatable bonds is 3. The van der Waals surface area contributed by atoms with E-state index in [4.69, 9.17) is 4.74 Å². The minimum absolute atomic E-state index is 0.00928. The number of carbonyl (C=O) groups is 1. The predicted molar refractivity (Wildman–Crippen MR) is 78.1 cm³/mol. The summed E-state index contributed by atoms with van der Waals surface area (Å²) in [5.41, 5.74) is 0.702. The van der Waals surface area contributed by atoms with Crippen molar-refractivity contribution in [3.05, 3.63) is 19.2 Å². The van der Waals surface area contributed by atoms with Crippen LogP contribution in [0.3, 0.4) is 0 Å². The Bertz CT molecular complexity index is 473. The van der Waals surface area contributed by atoms with Crippen LogP contribution < -0.4 is 5.32 Å². The highest BCUT2D eigenvalue weighted by atomic mass is 79.9. The van der Waals surface area contributed by atoms with Gasteiger partial charge < -0.3 is 10.1 Å². The second-order valence-electron chi connectivity index (χ2n) is 4.78. The lowest BCUT2D eigenvalue weighted by Gasteiger charge is -2.19. The smallest absolute Gasteiger partial charge is 0.253 e. The summed E-state index contributed by atoms with van der Waals surface area (Å²) >= 11 is 8.33. The average Bonchev–Trinajstić information content (AvgIpc) is 2.97. The Morgan fingerprint density at radius 3 is 2.78 bits per heavy atom. The van der Waals surface area contributed by atoms with Gasteiger partial charge in [0.15, 0.2) is 0 Å². The summed E-state index contributed by atoms with van der Waals surface area (Å²) in [7, 11) is 0. The van der Waals surface area contributed by atoms with E-state index in [2.05, 4.69) is 37.2 Å². The molecule has 18 heavy (non-hydrogen) atoms. The number of hydrogen-bond donors (Lipinski definition) is 1. The third-order valence-corrected chi connectivity index (χ3v) is 5.78. The molecule has 2 heterocycles. The second-order valence-corrected chi connectivity index (χ2v) is 8.53. The zero-order valence-corrected chi connectivity index (χ0v) is 13.6. The van der Waals surface area contributed by atoms with Gasteiger partial charge in [0.25, 0.3) is 5.91 Å². The maximum Gasteiger partial charge on any atom is 0.253 e. The minimum atomic E-state index is -0.00928. The van der Waals surface area contributed by atoms with Crippen molar-refractivity contribution in [2.24, 2.45) is 5.92 Å². The summed E-state index contributed by atoms with van der Waals surface area (Å²) in [5.74, 6) is 0.653. The van der Waals surface area contributed by atoms with Crippen molar-refractivity contribution in [2.45, 2.75) is 31.4 Å². The lowest BCUT2D eigenvalue weighted by molar-refractivity contribution is 0.0729. The van der Waals surface area contributed by atoms with Crippen molar-refractivity contribution in [3.63, 3.8) is 0 Å². The summed E-state index contributed by atoms with van der Waals surface area (Å²) in [6, 6.07) is 2.03. The minimum Gasteiger partial charge on any atom is -0.376 e. The molecule has 0 bridgehead atoms. The second kappa shape index (κ2) is 5.23. The molecule has 0 radical (unpaired) electrons. The van der Waals surface area contributed by atoms with Crippen LogP contribution >= 0.6 is 43.2 Å². The van der Waals surface area contributed by atoms with Gasteiger partial charge in [-0.15, -0.1) is 11.3 Å². The van der Waals surface area contributed by atoms with Crippen LogP contribution in [0.15, 0.2) is 13.6 Å². The number of hydrogen-bond acceptors (Lipinski definition) is 3. The van der Waals surface area contributed by atoms with E-state index in [1.54, 1.807) is 0 Å². The molecule has 2 fully saturated rings. The number of halogens is 2. The van der Waals surface area contributed by atoms with E-state index in [9.17, 15) is 4.79 Å². The Labute approximate surface area is 127 Å². The number of carbonyl (C=O) groups excluding carboxylic acids is 1. The largest absolute Gasteiger partial charge is 0.376 e. The normalized spacial score (nSPS) is 27.4. The summed E-state index contributed by atoms with van der Waals surface area (Å²) < 4.78 is 7.56. The van der Waals surface area contributed by atoms with E-state index >= 15 is 0 Å². The molecule has 1 saturated heterocycles. The van der Waals surface area contributed by atoms with E-state index in [-0.39, 0.29) is 18.1 Å². The van der Waals surface area contributed by atoms with Gasteiger partial charge >= 0.3 is 0 Å². The van der Waals surface area contributed by atoms with Crippen molar-refractivity contribution in [3.8, 4) is 0 Å². The van der Waals surface area contributed by atoms with Crippen LogP contribution in [-0.4, -0.2) is 24.7 Å². The van der Waals surface area contributed by atoms with Gasteiger partial charge in [0.05, 0.1) is 25.3 Å². The topological polar surface area (TPSA) is 38.3 Å². The van der Waals surface area contributed by atoms with Gasteiger partial charge in [-0.2, -0.15) is 0 Å². The molecule has 1 N–H and O–H groups in total. The van der Waals surface area contributed by atoms with Crippen molar-refractivity contribution >= 4 is 49.1 Å².